The normalized spacial score (nSPS) is 38.1. The Morgan fingerprint density at radius 1 is 1.09 bits per heavy atom. The van der Waals surface area contributed by atoms with Gasteiger partial charge in [0.2, 0.25) is 0 Å². The van der Waals surface area contributed by atoms with Gasteiger partial charge >= 0.3 is 6.09 Å². The Hall–Kier alpha value is -0.810. The van der Waals surface area contributed by atoms with E-state index in [0.29, 0.717) is 30.2 Å². The summed E-state index contributed by atoms with van der Waals surface area (Å²) in [6.45, 7) is 9.27. The zero-order valence-electron chi connectivity index (χ0n) is 15.3. The number of fused-ring (bicyclic) bond motifs is 2. The van der Waals surface area contributed by atoms with E-state index >= 15 is 0 Å². The minimum atomic E-state index is -0.407. The molecule has 3 saturated heterocycles. The van der Waals surface area contributed by atoms with E-state index in [1.165, 1.54) is 6.42 Å². The predicted molar refractivity (Wildman–Crippen MR) is 91.5 cm³/mol. The van der Waals surface area contributed by atoms with E-state index in [0.717, 1.165) is 32.2 Å². The second-order valence-corrected chi connectivity index (χ2v) is 8.83. The fraction of sp³-hybridized carbons (Fsp3) is 0.944. The van der Waals surface area contributed by atoms with E-state index in [1.54, 1.807) is 0 Å². The van der Waals surface area contributed by atoms with Crippen molar-refractivity contribution in [1.82, 2.24) is 15.1 Å². The fourth-order valence-corrected chi connectivity index (χ4v) is 4.57. The molecule has 0 saturated carbocycles. The van der Waals surface area contributed by atoms with E-state index in [2.05, 4.69) is 24.2 Å². The Morgan fingerprint density at radius 2 is 1.70 bits per heavy atom. The SMILES string of the molecule is C[C@@H]1C[C@H](NC2C[C@H]3CC[C@@H](C2)N3C(=O)OC(C)(C)C)CN1C. The van der Waals surface area contributed by atoms with Crippen molar-refractivity contribution in [1.29, 1.82) is 0 Å². The van der Waals surface area contributed by atoms with E-state index in [9.17, 15) is 4.79 Å². The van der Waals surface area contributed by atoms with Crippen molar-refractivity contribution in [2.24, 2.45) is 0 Å². The smallest absolute Gasteiger partial charge is 0.410 e. The van der Waals surface area contributed by atoms with Crippen molar-refractivity contribution in [2.45, 2.75) is 95.6 Å². The highest BCUT2D eigenvalue weighted by molar-refractivity contribution is 5.69. The number of likely N-dealkylation sites (N-methyl/N-ethyl adjacent to an activating group) is 1. The van der Waals surface area contributed by atoms with Crippen LogP contribution in [0.1, 0.15) is 59.8 Å². The van der Waals surface area contributed by atoms with Crippen molar-refractivity contribution < 1.29 is 9.53 Å². The van der Waals surface area contributed by atoms with Crippen molar-refractivity contribution in [3.05, 3.63) is 0 Å². The summed E-state index contributed by atoms with van der Waals surface area (Å²) < 4.78 is 5.61. The van der Waals surface area contributed by atoms with Gasteiger partial charge in [0.05, 0.1) is 0 Å². The summed E-state index contributed by atoms with van der Waals surface area (Å²) in [6.07, 6.45) is 5.52. The highest BCUT2D eigenvalue weighted by Gasteiger charge is 2.45. The second kappa shape index (κ2) is 6.25. The van der Waals surface area contributed by atoms with Gasteiger partial charge in [0, 0.05) is 36.8 Å². The average molecular weight is 323 g/mol. The Labute approximate surface area is 140 Å². The third-order valence-corrected chi connectivity index (χ3v) is 5.70. The molecule has 1 unspecified atom stereocenters. The van der Waals surface area contributed by atoms with Gasteiger partial charge in [-0.2, -0.15) is 0 Å². The molecule has 132 valence electrons. The number of ether oxygens (including phenoxy) is 1. The fourth-order valence-electron chi connectivity index (χ4n) is 4.57. The molecule has 0 radical (unpaired) electrons. The standard InChI is InChI=1S/C18H33N3O2/c1-12-8-14(11-20(12)5)19-13-9-15-6-7-16(10-13)21(15)17(22)23-18(2,3)4/h12-16,19H,6-11H2,1-5H3/t12-,13?,14+,15-,16+/m1/s1. The van der Waals surface area contributed by atoms with Gasteiger partial charge in [0.25, 0.3) is 0 Å². The summed E-state index contributed by atoms with van der Waals surface area (Å²) in [6, 6.07) is 2.55. The molecule has 1 amide bonds. The van der Waals surface area contributed by atoms with E-state index < -0.39 is 5.60 Å². The van der Waals surface area contributed by atoms with Crippen LogP contribution in [0.3, 0.4) is 0 Å². The van der Waals surface area contributed by atoms with Crippen LogP contribution in [0.25, 0.3) is 0 Å². The maximum Gasteiger partial charge on any atom is 0.410 e. The molecular formula is C18H33N3O2. The Bertz CT molecular complexity index is 424. The first kappa shape index (κ1) is 17.0. The summed E-state index contributed by atoms with van der Waals surface area (Å²) >= 11 is 0. The lowest BCUT2D eigenvalue weighted by molar-refractivity contribution is 0.00434. The summed E-state index contributed by atoms with van der Waals surface area (Å²) in [5, 5.41) is 3.87. The van der Waals surface area contributed by atoms with Gasteiger partial charge < -0.3 is 19.9 Å². The maximum atomic E-state index is 12.5. The number of hydrogen-bond donors (Lipinski definition) is 1. The molecular weight excluding hydrogens is 290 g/mol. The van der Waals surface area contributed by atoms with Crippen LogP contribution in [-0.4, -0.2) is 65.3 Å². The summed E-state index contributed by atoms with van der Waals surface area (Å²) in [5.41, 5.74) is -0.407. The van der Waals surface area contributed by atoms with Gasteiger partial charge in [-0.3, -0.25) is 0 Å². The third kappa shape index (κ3) is 3.82. The largest absolute Gasteiger partial charge is 0.444 e. The van der Waals surface area contributed by atoms with Gasteiger partial charge in [-0.15, -0.1) is 0 Å². The number of amides is 1. The van der Waals surface area contributed by atoms with Crippen LogP contribution in [-0.2, 0) is 4.74 Å². The number of nitrogens with zero attached hydrogens (tertiary/aromatic N) is 2. The van der Waals surface area contributed by atoms with Crippen LogP contribution in [0.2, 0.25) is 0 Å². The molecule has 0 aromatic heterocycles. The first-order valence-corrected chi connectivity index (χ1v) is 9.20. The number of nitrogens with one attached hydrogen (secondary N) is 1. The lowest BCUT2D eigenvalue weighted by atomic mass is 9.96. The minimum absolute atomic E-state index is 0.113. The van der Waals surface area contributed by atoms with Crippen molar-refractivity contribution in [3.63, 3.8) is 0 Å². The molecule has 5 nitrogen and oxygen atoms in total. The molecule has 3 aliphatic rings. The van der Waals surface area contributed by atoms with Crippen LogP contribution in [0.15, 0.2) is 0 Å². The first-order chi connectivity index (χ1) is 10.7. The predicted octanol–water partition coefficient (Wildman–Crippen LogP) is 2.60. The van der Waals surface area contributed by atoms with Gasteiger partial charge in [0.1, 0.15) is 5.60 Å². The maximum absolute atomic E-state index is 12.5. The molecule has 0 spiro atoms. The zero-order valence-corrected chi connectivity index (χ0v) is 15.3. The quantitative estimate of drug-likeness (QED) is 0.848. The van der Waals surface area contributed by atoms with Crippen LogP contribution in [0.4, 0.5) is 4.79 Å². The van der Waals surface area contributed by atoms with E-state index in [1.807, 2.05) is 25.7 Å². The van der Waals surface area contributed by atoms with Crippen molar-refractivity contribution in [2.75, 3.05) is 13.6 Å². The monoisotopic (exact) mass is 323 g/mol. The van der Waals surface area contributed by atoms with Crippen LogP contribution < -0.4 is 5.32 Å². The highest BCUT2D eigenvalue weighted by atomic mass is 16.6. The second-order valence-electron chi connectivity index (χ2n) is 8.83. The third-order valence-electron chi connectivity index (χ3n) is 5.70. The Morgan fingerprint density at radius 3 is 2.17 bits per heavy atom. The molecule has 23 heavy (non-hydrogen) atoms. The molecule has 1 N–H and O–H groups in total. The summed E-state index contributed by atoms with van der Waals surface area (Å²) in [4.78, 5) is 17.0. The Balaban J connectivity index is 1.56. The molecule has 0 aromatic carbocycles. The average Bonchev–Trinajstić information content (AvgIpc) is 2.85. The Kier molecular flexibility index (Phi) is 4.62. The first-order valence-electron chi connectivity index (χ1n) is 9.20. The number of hydrogen-bond acceptors (Lipinski definition) is 4. The molecule has 2 bridgehead atoms. The van der Waals surface area contributed by atoms with Gasteiger partial charge in [-0.05, 0) is 66.8 Å². The van der Waals surface area contributed by atoms with Gasteiger partial charge in [-0.1, -0.05) is 0 Å². The minimum Gasteiger partial charge on any atom is -0.444 e. The van der Waals surface area contributed by atoms with E-state index in [-0.39, 0.29) is 6.09 Å². The van der Waals surface area contributed by atoms with Crippen molar-refractivity contribution >= 4 is 6.09 Å². The molecule has 3 fully saturated rings. The molecule has 0 aliphatic carbocycles. The van der Waals surface area contributed by atoms with Crippen molar-refractivity contribution in [3.8, 4) is 0 Å². The van der Waals surface area contributed by atoms with E-state index in [4.69, 9.17) is 4.74 Å². The molecule has 3 rings (SSSR count). The topological polar surface area (TPSA) is 44.8 Å². The van der Waals surface area contributed by atoms with Crippen LogP contribution in [0.5, 0.6) is 0 Å². The number of likely N-dealkylation sites (tertiary alicyclic amines) is 1. The molecule has 5 atom stereocenters. The van der Waals surface area contributed by atoms with Crippen LogP contribution >= 0.6 is 0 Å². The zero-order chi connectivity index (χ0) is 16.8. The number of rotatable bonds is 2. The summed E-state index contributed by atoms with van der Waals surface area (Å²) in [7, 11) is 2.21. The number of carbonyl (C=O) groups is 1. The molecule has 3 heterocycles. The lowest BCUT2D eigenvalue weighted by Crippen LogP contribution is -2.54. The van der Waals surface area contributed by atoms with Crippen LogP contribution in [0, 0.1) is 0 Å². The lowest BCUT2D eigenvalue weighted by Gasteiger charge is -2.40. The number of carbonyl (C=O) groups excluding carboxylic acids is 1. The molecule has 0 aromatic rings. The number of piperidine rings is 1. The highest BCUT2D eigenvalue weighted by Crippen LogP contribution is 2.37. The molecule has 5 heteroatoms. The summed E-state index contributed by atoms with van der Waals surface area (Å²) in [5.74, 6) is 0. The van der Waals surface area contributed by atoms with Gasteiger partial charge in [-0.25, -0.2) is 4.79 Å². The van der Waals surface area contributed by atoms with Gasteiger partial charge in [0.15, 0.2) is 0 Å². The molecule has 3 aliphatic heterocycles.